The highest BCUT2D eigenvalue weighted by atomic mass is 19.1. The summed E-state index contributed by atoms with van der Waals surface area (Å²) in [6.07, 6.45) is 3.06. The monoisotopic (exact) mass is 222 g/mol. The van der Waals surface area contributed by atoms with Crippen LogP contribution in [0.25, 0.3) is 0 Å². The third-order valence-corrected chi connectivity index (χ3v) is 2.86. The van der Waals surface area contributed by atoms with Crippen LogP contribution in [0, 0.1) is 5.82 Å². The summed E-state index contributed by atoms with van der Waals surface area (Å²) in [5, 5.41) is 0. The van der Waals surface area contributed by atoms with Gasteiger partial charge in [-0.25, -0.2) is 4.39 Å². The molecule has 0 heterocycles. The van der Waals surface area contributed by atoms with Crippen molar-refractivity contribution in [3.8, 4) is 0 Å². The summed E-state index contributed by atoms with van der Waals surface area (Å²) in [4.78, 5) is 11.0. The molecule has 1 fully saturated rings. The predicted molar refractivity (Wildman–Crippen MR) is 64.0 cm³/mol. The summed E-state index contributed by atoms with van der Waals surface area (Å²) in [5.74, 6) is 0.542. The molecule has 0 aromatic heterocycles. The Bertz CT molecular complexity index is 336. The van der Waals surface area contributed by atoms with E-state index in [9.17, 15) is 9.18 Å². The van der Waals surface area contributed by atoms with Gasteiger partial charge >= 0.3 is 0 Å². The van der Waals surface area contributed by atoms with Crippen LogP contribution in [0.1, 0.15) is 51.0 Å². The van der Waals surface area contributed by atoms with Gasteiger partial charge in [0, 0.05) is 12.8 Å². The Morgan fingerprint density at radius 3 is 2.38 bits per heavy atom. The summed E-state index contributed by atoms with van der Waals surface area (Å²) in [6.45, 7) is 4.00. The van der Waals surface area contributed by atoms with Crippen molar-refractivity contribution in [1.29, 1.82) is 0 Å². The summed E-state index contributed by atoms with van der Waals surface area (Å²) < 4.78 is 12.9. The smallest absolute Gasteiger partial charge is 0.132 e. The van der Waals surface area contributed by atoms with Gasteiger partial charge < -0.3 is 0 Å². The lowest BCUT2D eigenvalue weighted by Gasteiger charge is -2.21. The molecule has 0 N–H and O–H groups in total. The molecule has 0 spiro atoms. The third kappa shape index (κ3) is 3.44. The number of hydrogen-bond donors (Lipinski definition) is 0. The van der Waals surface area contributed by atoms with Crippen molar-refractivity contribution in [1.82, 2.24) is 0 Å². The molecular formula is C14H19FO. The van der Waals surface area contributed by atoms with E-state index in [1.807, 2.05) is 19.9 Å². The van der Waals surface area contributed by atoms with Gasteiger partial charge in [-0.15, -0.1) is 0 Å². The largest absolute Gasteiger partial charge is 0.300 e. The highest BCUT2D eigenvalue weighted by molar-refractivity contribution is 5.79. The molecular weight excluding hydrogens is 203 g/mol. The molecule has 1 nitrogen and oxygen atoms in total. The number of carbonyl (C=O) groups excluding carboxylic acids is 1. The van der Waals surface area contributed by atoms with Gasteiger partial charge in [0.25, 0.3) is 0 Å². The maximum atomic E-state index is 12.9. The van der Waals surface area contributed by atoms with E-state index >= 15 is 0 Å². The van der Waals surface area contributed by atoms with Crippen LogP contribution in [0.4, 0.5) is 4.39 Å². The first-order valence-electron chi connectivity index (χ1n) is 6.03. The van der Waals surface area contributed by atoms with Crippen LogP contribution in [0.2, 0.25) is 0 Å². The molecule has 0 aliphatic heterocycles. The van der Waals surface area contributed by atoms with E-state index in [2.05, 4.69) is 0 Å². The van der Waals surface area contributed by atoms with Crippen LogP contribution in [0.3, 0.4) is 0 Å². The Morgan fingerprint density at radius 2 is 1.81 bits per heavy atom. The van der Waals surface area contributed by atoms with Crippen LogP contribution < -0.4 is 0 Å². The van der Waals surface area contributed by atoms with Gasteiger partial charge in [0.2, 0.25) is 0 Å². The molecule has 1 saturated carbocycles. The van der Waals surface area contributed by atoms with Crippen molar-refractivity contribution in [2.24, 2.45) is 0 Å². The van der Waals surface area contributed by atoms with E-state index in [0.29, 0.717) is 24.5 Å². The summed E-state index contributed by atoms with van der Waals surface area (Å²) in [5.41, 5.74) is 1.04. The number of Topliss-reactive ketones (excluding diaryl/α,β-unsaturated/α-hetero) is 1. The molecule has 0 unspecified atom stereocenters. The Hall–Kier alpha value is -1.18. The fourth-order valence-corrected chi connectivity index (χ4v) is 2.03. The van der Waals surface area contributed by atoms with E-state index in [-0.39, 0.29) is 5.82 Å². The molecule has 0 saturated heterocycles. The molecule has 1 aliphatic rings. The molecule has 2 rings (SSSR count). The van der Waals surface area contributed by atoms with Crippen LogP contribution in [-0.4, -0.2) is 5.78 Å². The second kappa shape index (κ2) is 6.41. The number of halogens is 1. The van der Waals surface area contributed by atoms with Gasteiger partial charge in [0.1, 0.15) is 11.6 Å². The molecule has 1 aromatic carbocycles. The van der Waals surface area contributed by atoms with Crippen LogP contribution >= 0.6 is 0 Å². The van der Waals surface area contributed by atoms with Crippen molar-refractivity contribution in [3.63, 3.8) is 0 Å². The number of carbonyl (C=O) groups is 1. The van der Waals surface area contributed by atoms with Crippen molar-refractivity contribution >= 4 is 5.78 Å². The van der Waals surface area contributed by atoms with Gasteiger partial charge in [0.15, 0.2) is 0 Å². The first kappa shape index (κ1) is 12.9. The third-order valence-electron chi connectivity index (χ3n) is 2.86. The maximum Gasteiger partial charge on any atom is 0.132 e. The van der Waals surface area contributed by atoms with Gasteiger partial charge in [-0.2, -0.15) is 0 Å². The second-order valence-corrected chi connectivity index (χ2v) is 3.87. The lowest BCUT2D eigenvalue weighted by molar-refractivity contribution is -0.120. The lowest BCUT2D eigenvalue weighted by atomic mass is 9.83. The standard InChI is InChI=1S/C12H13FO.C2H6/c13-11-3-1-2-10(8-11)9-4-6-12(14)7-5-9;1-2/h1-3,8-9H,4-7H2;1-2H3. The average Bonchev–Trinajstić information content (AvgIpc) is 2.32. The van der Waals surface area contributed by atoms with Crippen molar-refractivity contribution in [3.05, 3.63) is 35.6 Å². The molecule has 88 valence electrons. The fraction of sp³-hybridized carbons (Fsp3) is 0.500. The molecule has 2 heteroatoms. The first-order chi connectivity index (χ1) is 7.75. The predicted octanol–water partition coefficient (Wildman–Crippen LogP) is 4.08. The highest BCUT2D eigenvalue weighted by Gasteiger charge is 2.20. The molecule has 0 bridgehead atoms. The number of benzene rings is 1. The fourth-order valence-electron chi connectivity index (χ4n) is 2.03. The maximum absolute atomic E-state index is 12.9. The van der Waals surface area contributed by atoms with Gasteiger partial charge in [-0.3, -0.25) is 4.79 Å². The Balaban J connectivity index is 0.000000606. The number of ketones is 1. The molecule has 0 amide bonds. The van der Waals surface area contributed by atoms with E-state index < -0.39 is 0 Å². The second-order valence-electron chi connectivity index (χ2n) is 3.87. The van der Waals surface area contributed by atoms with Gasteiger partial charge in [-0.1, -0.05) is 26.0 Å². The Morgan fingerprint density at radius 1 is 1.19 bits per heavy atom. The molecule has 1 aliphatic carbocycles. The van der Waals surface area contributed by atoms with Gasteiger partial charge in [0.05, 0.1) is 0 Å². The average molecular weight is 222 g/mol. The van der Waals surface area contributed by atoms with Crippen LogP contribution in [0.5, 0.6) is 0 Å². The minimum Gasteiger partial charge on any atom is -0.300 e. The van der Waals surface area contributed by atoms with Crippen molar-refractivity contribution < 1.29 is 9.18 Å². The number of rotatable bonds is 1. The first-order valence-corrected chi connectivity index (χ1v) is 6.03. The van der Waals surface area contributed by atoms with E-state index in [1.54, 1.807) is 12.1 Å². The number of hydrogen-bond acceptors (Lipinski definition) is 1. The quantitative estimate of drug-likeness (QED) is 0.699. The van der Waals surface area contributed by atoms with E-state index in [4.69, 9.17) is 0 Å². The zero-order chi connectivity index (χ0) is 12.0. The highest BCUT2D eigenvalue weighted by Crippen LogP contribution is 2.31. The summed E-state index contributed by atoms with van der Waals surface area (Å²) in [6, 6.07) is 6.72. The summed E-state index contributed by atoms with van der Waals surface area (Å²) in [7, 11) is 0. The van der Waals surface area contributed by atoms with E-state index in [0.717, 1.165) is 18.4 Å². The van der Waals surface area contributed by atoms with Crippen molar-refractivity contribution in [2.75, 3.05) is 0 Å². The SMILES string of the molecule is CC.O=C1CCC(c2cccc(F)c2)CC1. The zero-order valence-electron chi connectivity index (χ0n) is 10.0. The molecule has 0 atom stereocenters. The van der Waals surface area contributed by atoms with Crippen molar-refractivity contribution in [2.45, 2.75) is 45.4 Å². The Kier molecular flexibility index (Phi) is 5.17. The Labute approximate surface area is 96.7 Å². The van der Waals surface area contributed by atoms with Crippen LogP contribution in [-0.2, 0) is 4.79 Å². The molecule has 16 heavy (non-hydrogen) atoms. The topological polar surface area (TPSA) is 17.1 Å². The minimum absolute atomic E-state index is 0.181. The van der Waals surface area contributed by atoms with Crippen LogP contribution in [0.15, 0.2) is 24.3 Å². The van der Waals surface area contributed by atoms with Gasteiger partial charge in [-0.05, 0) is 36.5 Å². The zero-order valence-corrected chi connectivity index (χ0v) is 10.0. The lowest BCUT2D eigenvalue weighted by Crippen LogP contribution is -2.12. The normalized spacial score (nSPS) is 16.6. The molecule has 0 radical (unpaired) electrons. The summed E-state index contributed by atoms with van der Waals surface area (Å²) >= 11 is 0. The minimum atomic E-state index is -0.181. The van der Waals surface area contributed by atoms with E-state index in [1.165, 1.54) is 6.07 Å². The molecule has 1 aromatic rings.